The average molecular weight is 1710 g/mol. The molecule has 19 atom stereocenters. The summed E-state index contributed by atoms with van der Waals surface area (Å²) in [7, 11) is -5.81. The second-order valence-electron chi connectivity index (χ2n) is 34.5. The summed E-state index contributed by atoms with van der Waals surface area (Å²) in [5.41, 5.74) is 0. The number of aliphatic hydroxyl groups is 9. The van der Waals surface area contributed by atoms with Crippen molar-refractivity contribution in [3.8, 4) is 0 Å². The summed E-state index contributed by atoms with van der Waals surface area (Å²) in [6, 6.07) is 0. The van der Waals surface area contributed by atoms with Crippen LogP contribution in [0.4, 0.5) is 0 Å². The molecular formula is C92H171O25P. The zero-order chi connectivity index (χ0) is 86.2. The lowest BCUT2D eigenvalue weighted by atomic mass is 9.84. The molecule has 2 heterocycles. The molecule has 26 heteroatoms. The Balaban J connectivity index is 1.92. The molecule has 3 rings (SSSR count). The molecule has 3 aliphatic rings. The maximum Gasteiger partial charge on any atom is 0.472 e. The lowest BCUT2D eigenvalue weighted by Crippen LogP contribution is -2.70. The number of hydrogen-bond donors (Lipinski definition) is 10. The maximum atomic E-state index is 14.9. The second-order valence-corrected chi connectivity index (χ2v) is 35.9. The van der Waals surface area contributed by atoms with Crippen LogP contribution >= 0.6 is 7.82 Å². The molecule has 2 aliphatic heterocycles. The smallest absolute Gasteiger partial charge is 0.463 e. The normalized spacial score (nSPS) is 25.2. The summed E-state index contributed by atoms with van der Waals surface area (Å²) < 4.78 is 73.5. The molecule has 1 aliphatic carbocycles. The average Bonchev–Trinajstić information content (AvgIpc) is 0.754. The first-order valence-electron chi connectivity index (χ1n) is 47.8. The predicted molar refractivity (Wildman–Crippen MR) is 458 cm³/mol. The van der Waals surface area contributed by atoms with Crippen molar-refractivity contribution in [2.24, 2.45) is 5.92 Å². The van der Waals surface area contributed by atoms with Gasteiger partial charge in [-0.1, -0.05) is 349 Å². The summed E-state index contributed by atoms with van der Waals surface area (Å²) in [6.07, 6.45) is 27.8. The summed E-state index contributed by atoms with van der Waals surface area (Å²) in [6.45, 7) is 7.92. The first kappa shape index (κ1) is 109. The topological polar surface area (TPSA) is 380 Å². The van der Waals surface area contributed by atoms with Gasteiger partial charge in [0.1, 0.15) is 92.6 Å². The van der Waals surface area contributed by atoms with Crippen molar-refractivity contribution in [3.63, 3.8) is 0 Å². The molecular weight excluding hydrogens is 1540 g/mol. The number of phosphoric acid groups is 1. The Bertz CT molecular complexity index is 2520. The third-order valence-corrected chi connectivity index (χ3v) is 24.7. The number of carbonyl (C=O) groups excluding carboxylic acids is 4. The number of unbranched alkanes of at least 4 members (excludes halogenated alkanes) is 47. The van der Waals surface area contributed by atoms with Crippen LogP contribution in [-0.4, -0.2) is 205 Å². The van der Waals surface area contributed by atoms with E-state index in [1.807, 2.05) is 0 Å². The van der Waals surface area contributed by atoms with Crippen molar-refractivity contribution in [2.75, 3.05) is 26.4 Å². The predicted octanol–water partition coefficient (Wildman–Crippen LogP) is 17.8. The van der Waals surface area contributed by atoms with E-state index in [0.717, 1.165) is 128 Å². The van der Waals surface area contributed by atoms with E-state index in [9.17, 15) is 74.6 Å². The summed E-state index contributed by atoms with van der Waals surface area (Å²) >= 11 is 0. The Labute approximate surface area is 712 Å². The van der Waals surface area contributed by atoms with Gasteiger partial charge in [-0.2, -0.15) is 0 Å². The van der Waals surface area contributed by atoms with Gasteiger partial charge in [-0.25, -0.2) is 4.57 Å². The Morgan fingerprint density at radius 3 is 1.10 bits per heavy atom. The lowest BCUT2D eigenvalue weighted by Gasteiger charge is -2.50. The monoisotopic (exact) mass is 1710 g/mol. The highest BCUT2D eigenvalue weighted by Gasteiger charge is 2.60. The Morgan fingerprint density at radius 2 is 0.686 bits per heavy atom. The molecule has 0 bridgehead atoms. The van der Waals surface area contributed by atoms with Crippen molar-refractivity contribution < 1.29 is 122 Å². The van der Waals surface area contributed by atoms with Crippen LogP contribution in [0.2, 0.25) is 0 Å². The van der Waals surface area contributed by atoms with E-state index in [1.54, 1.807) is 0 Å². The van der Waals surface area contributed by atoms with Crippen molar-refractivity contribution in [3.05, 3.63) is 12.2 Å². The van der Waals surface area contributed by atoms with Crippen molar-refractivity contribution in [1.82, 2.24) is 0 Å². The number of allylic oxidation sites excluding steroid dienone is 2. The molecule has 0 radical (unpaired) electrons. The standard InChI is InChI=1S/C92H171O25P/c1-6-10-14-18-22-25-28-31-33-36-39-42-45-52-58-64-76(95)109-70-74-80(99)82(101)86(105)92(113-74)116-89-87(114-78(97)66-60-53-46-43-40-37-34-32-29-26-23-19-15-11-7-2)83(102)84(103)88(115-91-85(104)81(100)79(98)73(67-93)112-91)90(89)117-118(106,107)110-69-72(68-108-75(94)63-57-51-44-41-38-35-30-27-24-20-16-12-8-3)111-77(96)65-59-54-48-47-50-56-62-71(5)61-55-49-21-17-13-9-4/h35,38,71-74,79-93,98-105H,6-34,36-37,39-70H2,1-5H3,(H,106,107)/b38-35-. The van der Waals surface area contributed by atoms with E-state index in [4.69, 9.17) is 46.9 Å². The van der Waals surface area contributed by atoms with E-state index in [1.165, 1.54) is 193 Å². The summed E-state index contributed by atoms with van der Waals surface area (Å²) in [4.78, 5) is 66.5. The Morgan fingerprint density at radius 1 is 0.356 bits per heavy atom. The van der Waals surface area contributed by atoms with E-state index in [-0.39, 0.29) is 25.7 Å². The Hall–Kier alpha value is -2.79. The van der Waals surface area contributed by atoms with Crippen LogP contribution < -0.4 is 0 Å². The van der Waals surface area contributed by atoms with Gasteiger partial charge in [0.25, 0.3) is 0 Å². The molecule has 1 saturated carbocycles. The third-order valence-electron chi connectivity index (χ3n) is 23.7. The number of carbonyl (C=O) groups is 4. The van der Waals surface area contributed by atoms with Crippen LogP contribution in [0.15, 0.2) is 12.2 Å². The fourth-order valence-corrected chi connectivity index (χ4v) is 16.9. The SMILES string of the molecule is CCCCCCCC/C=C\CCCCCC(=O)OCC(COP(=O)(O)OC1C(OC2OC(CO)C(O)C(O)C2O)C(O)C(O)C(OC(=O)CCCCCCCCCCCCCCCCC)C1OC1OC(COC(=O)CCCCCCCCCCCCCCCCC)C(O)C(O)C1O)OC(=O)CCCCCCCCC(C)CCCCCCCC. The van der Waals surface area contributed by atoms with E-state index < -0.39 is 162 Å². The van der Waals surface area contributed by atoms with Crippen LogP contribution in [-0.2, 0) is 70.7 Å². The van der Waals surface area contributed by atoms with E-state index >= 15 is 0 Å². The number of rotatable bonds is 77. The highest BCUT2D eigenvalue weighted by atomic mass is 31.2. The van der Waals surface area contributed by atoms with Gasteiger partial charge in [0.2, 0.25) is 0 Å². The van der Waals surface area contributed by atoms with Gasteiger partial charge in [0, 0.05) is 25.7 Å². The molecule has 25 nitrogen and oxygen atoms in total. The van der Waals surface area contributed by atoms with Gasteiger partial charge >= 0.3 is 31.7 Å². The molecule has 2 saturated heterocycles. The third kappa shape index (κ3) is 50.4. The van der Waals surface area contributed by atoms with Crippen LogP contribution in [0.25, 0.3) is 0 Å². The minimum atomic E-state index is -5.81. The highest BCUT2D eigenvalue weighted by Crippen LogP contribution is 2.49. The molecule has 694 valence electrons. The minimum Gasteiger partial charge on any atom is -0.463 e. The molecule has 0 amide bonds. The minimum absolute atomic E-state index is 0.0157. The molecule has 118 heavy (non-hydrogen) atoms. The molecule has 19 unspecified atom stereocenters. The highest BCUT2D eigenvalue weighted by molar-refractivity contribution is 7.47. The van der Waals surface area contributed by atoms with E-state index in [0.29, 0.717) is 38.0 Å². The largest absolute Gasteiger partial charge is 0.472 e. The molecule has 0 aromatic rings. The van der Waals surface area contributed by atoms with Crippen molar-refractivity contribution >= 4 is 31.7 Å². The molecule has 0 aromatic heterocycles. The summed E-state index contributed by atoms with van der Waals surface area (Å²) in [5.74, 6) is -2.30. The molecule has 0 aromatic carbocycles. The first-order valence-corrected chi connectivity index (χ1v) is 49.3. The van der Waals surface area contributed by atoms with E-state index in [2.05, 4.69) is 46.8 Å². The van der Waals surface area contributed by atoms with Gasteiger partial charge in [-0.15, -0.1) is 0 Å². The number of hydrogen-bond acceptors (Lipinski definition) is 24. The van der Waals surface area contributed by atoms with Crippen LogP contribution in [0, 0.1) is 5.92 Å². The lowest BCUT2D eigenvalue weighted by molar-refractivity contribution is -0.360. The fourth-order valence-electron chi connectivity index (χ4n) is 16.0. The maximum absolute atomic E-state index is 14.9. The van der Waals surface area contributed by atoms with Crippen LogP contribution in [0.3, 0.4) is 0 Å². The number of esters is 4. The fraction of sp³-hybridized carbons (Fsp3) is 0.935. The first-order chi connectivity index (χ1) is 57.1. The van der Waals surface area contributed by atoms with Crippen LogP contribution in [0.1, 0.15) is 413 Å². The number of ether oxygens (including phenoxy) is 8. The number of phosphoric ester groups is 1. The van der Waals surface area contributed by atoms with Crippen molar-refractivity contribution in [2.45, 2.75) is 518 Å². The van der Waals surface area contributed by atoms with Crippen molar-refractivity contribution in [1.29, 1.82) is 0 Å². The quantitative estimate of drug-likeness (QED) is 0.00889. The zero-order valence-corrected chi connectivity index (χ0v) is 75.0. The van der Waals surface area contributed by atoms with Gasteiger partial charge < -0.3 is 88.7 Å². The van der Waals surface area contributed by atoms with Gasteiger partial charge in [0.05, 0.1) is 13.2 Å². The second kappa shape index (κ2) is 70.4. The van der Waals surface area contributed by atoms with Gasteiger partial charge in [-0.05, 0) is 57.3 Å². The van der Waals surface area contributed by atoms with Gasteiger partial charge in [0.15, 0.2) is 24.8 Å². The molecule has 0 spiro atoms. The summed E-state index contributed by atoms with van der Waals surface area (Å²) in [5, 5.41) is 102. The number of aliphatic hydroxyl groups excluding tert-OH is 9. The van der Waals surface area contributed by atoms with Crippen LogP contribution in [0.5, 0.6) is 0 Å². The molecule has 10 N–H and O–H groups in total. The zero-order valence-electron chi connectivity index (χ0n) is 74.1. The van der Waals surface area contributed by atoms with Gasteiger partial charge in [-0.3, -0.25) is 28.2 Å². The Kier molecular flexibility index (Phi) is 65.2. The molecule has 3 fully saturated rings.